The first-order chi connectivity index (χ1) is 9.63. The molecule has 0 atom stereocenters. The zero-order valence-corrected chi connectivity index (χ0v) is 12.6. The first-order valence-electron chi connectivity index (χ1n) is 7.52. The van der Waals surface area contributed by atoms with Gasteiger partial charge in [0.25, 0.3) is 0 Å². The SMILES string of the molecule is COC(=O)Cc1ccccc1CNC1(C)CCCCC1. The summed E-state index contributed by atoms with van der Waals surface area (Å²) in [7, 11) is 1.44. The van der Waals surface area contributed by atoms with Crippen LogP contribution in [-0.4, -0.2) is 18.6 Å². The van der Waals surface area contributed by atoms with E-state index in [1.54, 1.807) is 0 Å². The molecule has 1 N–H and O–H groups in total. The largest absolute Gasteiger partial charge is 0.469 e. The molecule has 3 heteroatoms. The Labute approximate surface area is 121 Å². The monoisotopic (exact) mass is 275 g/mol. The Hall–Kier alpha value is -1.35. The van der Waals surface area contributed by atoms with E-state index in [0.29, 0.717) is 6.42 Å². The summed E-state index contributed by atoms with van der Waals surface area (Å²) < 4.78 is 4.76. The lowest BCUT2D eigenvalue weighted by atomic mass is 9.83. The highest BCUT2D eigenvalue weighted by Gasteiger charge is 2.25. The van der Waals surface area contributed by atoms with Crippen molar-refractivity contribution in [2.24, 2.45) is 0 Å². The summed E-state index contributed by atoms with van der Waals surface area (Å²) in [5.74, 6) is -0.179. The molecule has 2 rings (SSSR count). The molecule has 0 amide bonds. The lowest BCUT2D eigenvalue weighted by Crippen LogP contribution is -2.43. The van der Waals surface area contributed by atoms with Crippen LogP contribution >= 0.6 is 0 Å². The Morgan fingerprint density at radius 2 is 1.85 bits per heavy atom. The van der Waals surface area contributed by atoms with E-state index < -0.39 is 0 Å². The van der Waals surface area contributed by atoms with Gasteiger partial charge >= 0.3 is 5.97 Å². The Balaban J connectivity index is 2.00. The van der Waals surface area contributed by atoms with Crippen LogP contribution in [0.5, 0.6) is 0 Å². The topological polar surface area (TPSA) is 38.3 Å². The molecule has 1 aromatic carbocycles. The van der Waals surface area contributed by atoms with E-state index in [9.17, 15) is 4.79 Å². The van der Waals surface area contributed by atoms with Crippen LogP contribution in [0, 0.1) is 0 Å². The van der Waals surface area contributed by atoms with Gasteiger partial charge in [-0.05, 0) is 30.9 Å². The lowest BCUT2D eigenvalue weighted by Gasteiger charge is -2.35. The van der Waals surface area contributed by atoms with E-state index >= 15 is 0 Å². The molecule has 20 heavy (non-hydrogen) atoms. The number of hydrogen-bond donors (Lipinski definition) is 1. The summed E-state index contributed by atoms with van der Waals surface area (Å²) in [6.45, 7) is 3.14. The lowest BCUT2D eigenvalue weighted by molar-refractivity contribution is -0.139. The molecular weight excluding hydrogens is 250 g/mol. The van der Waals surface area contributed by atoms with Crippen LogP contribution in [0.4, 0.5) is 0 Å². The van der Waals surface area contributed by atoms with Crippen molar-refractivity contribution in [3.63, 3.8) is 0 Å². The van der Waals surface area contributed by atoms with Crippen molar-refractivity contribution in [2.45, 2.75) is 57.5 Å². The smallest absolute Gasteiger partial charge is 0.309 e. The van der Waals surface area contributed by atoms with Crippen molar-refractivity contribution in [3.8, 4) is 0 Å². The number of carbonyl (C=O) groups excluding carboxylic acids is 1. The molecule has 1 saturated carbocycles. The molecular formula is C17H25NO2. The molecule has 0 heterocycles. The molecule has 0 saturated heterocycles. The van der Waals surface area contributed by atoms with E-state index in [2.05, 4.69) is 18.3 Å². The molecule has 110 valence electrons. The number of esters is 1. The van der Waals surface area contributed by atoms with Gasteiger partial charge in [-0.15, -0.1) is 0 Å². The number of ether oxygens (including phenoxy) is 1. The first-order valence-corrected chi connectivity index (χ1v) is 7.52. The summed E-state index contributed by atoms with van der Waals surface area (Å²) in [5, 5.41) is 3.69. The highest BCUT2D eigenvalue weighted by molar-refractivity contribution is 5.72. The van der Waals surface area contributed by atoms with Crippen LogP contribution in [0.1, 0.15) is 50.2 Å². The second-order valence-corrected chi connectivity index (χ2v) is 6.00. The van der Waals surface area contributed by atoms with Crippen LogP contribution in [-0.2, 0) is 22.5 Å². The molecule has 0 radical (unpaired) electrons. The fourth-order valence-corrected chi connectivity index (χ4v) is 2.95. The van der Waals surface area contributed by atoms with Gasteiger partial charge < -0.3 is 10.1 Å². The van der Waals surface area contributed by atoms with E-state index in [1.807, 2.05) is 18.2 Å². The van der Waals surface area contributed by atoms with Crippen molar-refractivity contribution >= 4 is 5.97 Å². The Morgan fingerprint density at radius 3 is 2.50 bits per heavy atom. The van der Waals surface area contributed by atoms with Gasteiger partial charge in [0, 0.05) is 12.1 Å². The molecule has 0 bridgehead atoms. The predicted octanol–water partition coefficient (Wildman–Crippen LogP) is 3.21. The second kappa shape index (κ2) is 6.89. The number of benzene rings is 1. The summed E-state index contributed by atoms with van der Waals surface area (Å²) in [5.41, 5.74) is 2.51. The number of nitrogens with one attached hydrogen (secondary N) is 1. The molecule has 0 unspecified atom stereocenters. The predicted molar refractivity (Wildman–Crippen MR) is 80.5 cm³/mol. The Morgan fingerprint density at radius 1 is 1.20 bits per heavy atom. The third-order valence-electron chi connectivity index (χ3n) is 4.34. The minimum atomic E-state index is -0.179. The van der Waals surface area contributed by atoms with Crippen molar-refractivity contribution in [2.75, 3.05) is 7.11 Å². The van der Waals surface area contributed by atoms with Crippen LogP contribution in [0.2, 0.25) is 0 Å². The minimum Gasteiger partial charge on any atom is -0.469 e. The normalized spacial score (nSPS) is 17.7. The van der Waals surface area contributed by atoms with Crippen LogP contribution in [0.25, 0.3) is 0 Å². The highest BCUT2D eigenvalue weighted by Crippen LogP contribution is 2.28. The van der Waals surface area contributed by atoms with Crippen molar-refractivity contribution in [3.05, 3.63) is 35.4 Å². The fraction of sp³-hybridized carbons (Fsp3) is 0.588. The maximum absolute atomic E-state index is 11.5. The second-order valence-electron chi connectivity index (χ2n) is 6.00. The molecule has 1 aromatic rings. The molecule has 0 aliphatic heterocycles. The van der Waals surface area contributed by atoms with E-state index in [1.165, 1.54) is 44.8 Å². The summed E-state index contributed by atoms with van der Waals surface area (Å²) in [6, 6.07) is 8.11. The summed E-state index contributed by atoms with van der Waals surface area (Å²) >= 11 is 0. The number of carbonyl (C=O) groups is 1. The minimum absolute atomic E-state index is 0.179. The number of methoxy groups -OCH3 is 1. The van der Waals surface area contributed by atoms with E-state index in [0.717, 1.165) is 12.1 Å². The molecule has 1 aliphatic carbocycles. The van der Waals surface area contributed by atoms with Crippen LogP contribution < -0.4 is 5.32 Å². The van der Waals surface area contributed by atoms with Crippen molar-refractivity contribution in [1.29, 1.82) is 0 Å². The maximum atomic E-state index is 11.5. The van der Waals surface area contributed by atoms with Crippen molar-refractivity contribution < 1.29 is 9.53 Å². The van der Waals surface area contributed by atoms with E-state index in [-0.39, 0.29) is 11.5 Å². The zero-order valence-electron chi connectivity index (χ0n) is 12.6. The molecule has 1 fully saturated rings. The van der Waals surface area contributed by atoms with Gasteiger partial charge in [0.15, 0.2) is 0 Å². The van der Waals surface area contributed by atoms with Crippen LogP contribution in [0.15, 0.2) is 24.3 Å². The van der Waals surface area contributed by atoms with Gasteiger partial charge in [-0.3, -0.25) is 4.79 Å². The van der Waals surface area contributed by atoms with Gasteiger partial charge in [0.05, 0.1) is 13.5 Å². The summed E-state index contributed by atoms with van der Waals surface area (Å²) in [6.07, 6.45) is 6.82. The summed E-state index contributed by atoms with van der Waals surface area (Å²) in [4.78, 5) is 11.5. The van der Waals surface area contributed by atoms with Gasteiger partial charge in [0.1, 0.15) is 0 Å². The van der Waals surface area contributed by atoms with Gasteiger partial charge in [0.2, 0.25) is 0 Å². The average Bonchev–Trinajstić information content (AvgIpc) is 2.47. The Kier molecular flexibility index (Phi) is 5.18. The Bertz CT molecular complexity index is 450. The average molecular weight is 275 g/mol. The molecule has 1 aliphatic rings. The van der Waals surface area contributed by atoms with E-state index in [4.69, 9.17) is 4.74 Å². The highest BCUT2D eigenvalue weighted by atomic mass is 16.5. The maximum Gasteiger partial charge on any atom is 0.309 e. The van der Waals surface area contributed by atoms with Crippen LogP contribution in [0.3, 0.4) is 0 Å². The number of hydrogen-bond acceptors (Lipinski definition) is 3. The van der Waals surface area contributed by atoms with Gasteiger partial charge in [-0.1, -0.05) is 43.5 Å². The van der Waals surface area contributed by atoms with Crippen molar-refractivity contribution in [1.82, 2.24) is 5.32 Å². The molecule has 0 spiro atoms. The third-order valence-corrected chi connectivity index (χ3v) is 4.34. The third kappa shape index (κ3) is 4.07. The zero-order chi connectivity index (χ0) is 14.4. The number of rotatable bonds is 5. The standard InChI is InChI=1S/C17H25NO2/c1-17(10-6-3-7-11-17)18-13-15-9-5-4-8-14(15)12-16(19)20-2/h4-5,8-9,18H,3,6-7,10-13H2,1-2H3. The molecule has 3 nitrogen and oxygen atoms in total. The van der Waals surface area contributed by atoms with Gasteiger partial charge in [-0.2, -0.15) is 0 Å². The fourth-order valence-electron chi connectivity index (χ4n) is 2.95. The molecule has 0 aromatic heterocycles. The quantitative estimate of drug-likeness (QED) is 0.839. The first kappa shape index (κ1) is 15.0. The van der Waals surface area contributed by atoms with Gasteiger partial charge in [-0.25, -0.2) is 0 Å².